The monoisotopic (exact) mass is 326 g/mol. The van der Waals surface area contributed by atoms with E-state index in [0.29, 0.717) is 6.61 Å². The Hall–Kier alpha value is -1.84. The quantitative estimate of drug-likeness (QED) is 0.786. The molecule has 2 aromatic carbocycles. The normalized spacial score (nSPS) is 17.6. The summed E-state index contributed by atoms with van der Waals surface area (Å²) in [6.07, 6.45) is 2.15. The van der Waals surface area contributed by atoms with Gasteiger partial charge in [-0.2, -0.15) is 0 Å². The molecular weight excluding hydrogens is 298 g/mol. The van der Waals surface area contributed by atoms with Crippen LogP contribution < -0.4 is 4.74 Å². The maximum Gasteiger partial charge on any atom is 0.137 e. The lowest BCUT2D eigenvalue weighted by Gasteiger charge is -2.34. The van der Waals surface area contributed by atoms with E-state index >= 15 is 0 Å². The number of aliphatic hydroxyl groups is 1. The average Bonchev–Trinajstić information content (AvgIpc) is 3.10. The van der Waals surface area contributed by atoms with E-state index in [2.05, 4.69) is 31.2 Å². The highest BCUT2D eigenvalue weighted by Gasteiger charge is 2.32. The van der Waals surface area contributed by atoms with Crippen molar-refractivity contribution in [1.82, 2.24) is 0 Å². The van der Waals surface area contributed by atoms with Crippen molar-refractivity contribution in [2.75, 3.05) is 32.8 Å². The fraction of sp³-hybridized carbons (Fsp3) is 0.429. The summed E-state index contributed by atoms with van der Waals surface area (Å²) in [5.74, 6) is 0.818. The summed E-state index contributed by atoms with van der Waals surface area (Å²) in [5.41, 5.74) is 2.38. The van der Waals surface area contributed by atoms with Crippen LogP contribution in [0.1, 0.15) is 19.8 Å². The van der Waals surface area contributed by atoms with Crippen molar-refractivity contribution < 1.29 is 14.3 Å². The smallest absolute Gasteiger partial charge is 0.137 e. The number of ether oxygens (including phenoxy) is 1. The van der Waals surface area contributed by atoms with Gasteiger partial charge in [0.25, 0.3) is 0 Å². The number of hydrogen-bond donors (Lipinski definition) is 1. The molecule has 0 amide bonds. The Morgan fingerprint density at radius 3 is 2.21 bits per heavy atom. The molecule has 0 aliphatic carbocycles. The molecule has 1 N–H and O–H groups in total. The first-order valence-electron chi connectivity index (χ1n) is 9.02. The third kappa shape index (κ3) is 4.16. The second kappa shape index (κ2) is 7.82. The standard InChI is InChI=1S/C21H28NO2/c1-2-22(14-6-7-15-22)16-20(23)17-24-21-12-10-19(11-13-21)18-8-4-3-5-9-18/h3-5,8-13,20,23H,2,6-7,14-17H2,1H3/q+1. The van der Waals surface area contributed by atoms with E-state index in [4.69, 9.17) is 4.74 Å². The Morgan fingerprint density at radius 1 is 0.958 bits per heavy atom. The molecule has 128 valence electrons. The highest BCUT2D eigenvalue weighted by atomic mass is 16.5. The number of rotatable bonds is 7. The maximum atomic E-state index is 10.4. The number of hydrogen-bond acceptors (Lipinski definition) is 2. The first-order chi connectivity index (χ1) is 11.7. The SMILES string of the molecule is CC[N+]1(CC(O)COc2ccc(-c3ccccc3)cc2)CCCC1. The molecule has 1 fully saturated rings. The number of nitrogens with zero attached hydrogens (tertiary/aromatic N) is 1. The summed E-state index contributed by atoms with van der Waals surface area (Å²) >= 11 is 0. The van der Waals surface area contributed by atoms with Crippen LogP contribution in [0, 0.1) is 0 Å². The topological polar surface area (TPSA) is 29.5 Å². The van der Waals surface area contributed by atoms with Crippen LogP contribution in [0.15, 0.2) is 54.6 Å². The molecule has 0 radical (unpaired) electrons. The lowest BCUT2D eigenvalue weighted by molar-refractivity contribution is -0.917. The Bertz CT molecular complexity index is 618. The molecule has 1 saturated heterocycles. The van der Waals surface area contributed by atoms with Gasteiger partial charge in [-0.25, -0.2) is 0 Å². The summed E-state index contributed by atoms with van der Waals surface area (Å²) in [6.45, 7) is 6.88. The van der Waals surface area contributed by atoms with Gasteiger partial charge in [-0.3, -0.25) is 0 Å². The summed E-state index contributed by atoms with van der Waals surface area (Å²) in [5, 5.41) is 10.4. The molecule has 0 spiro atoms. The molecule has 3 heteroatoms. The minimum Gasteiger partial charge on any atom is -0.491 e. The fourth-order valence-corrected chi connectivity index (χ4v) is 3.70. The maximum absolute atomic E-state index is 10.4. The Kier molecular flexibility index (Phi) is 5.54. The largest absolute Gasteiger partial charge is 0.491 e. The number of likely N-dealkylation sites (N-methyl/N-ethyl adjacent to an activating group) is 1. The minimum absolute atomic E-state index is 0.366. The zero-order valence-electron chi connectivity index (χ0n) is 14.5. The molecule has 1 aliphatic heterocycles. The van der Waals surface area contributed by atoms with Crippen LogP contribution in [-0.4, -0.2) is 48.5 Å². The van der Waals surface area contributed by atoms with Crippen LogP contribution in [0.25, 0.3) is 11.1 Å². The lowest BCUT2D eigenvalue weighted by Crippen LogP contribution is -2.50. The molecule has 3 nitrogen and oxygen atoms in total. The summed E-state index contributed by atoms with van der Waals surface area (Å²) < 4.78 is 6.84. The molecule has 24 heavy (non-hydrogen) atoms. The fourth-order valence-electron chi connectivity index (χ4n) is 3.70. The Balaban J connectivity index is 1.53. The van der Waals surface area contributed by atoms with Crippen molar-refractivity contribution in [2.24, 2.45) is 0 Å². The number of benzene rings is 2. The number of likely N-dealkylation sites (tertiary alicyclic amines) is 1. The van der Waals surface area contributed by atoms with Crippen molar-refractivity contribution in [3.63, 3.8) is 0 Å². The van der Waals surface area contributed by atoms with Gasteiger partial charge in [-0.15, -0.1) is 0 Å². The van der Waals surface area contributed by atoms with Crippen molar-refractivity contribution >= 4 is 0 Å². The lowest BCUT2D eigenvalue weighted by atomic mass is 10.1. The van der Waals surface area contributed by atoms with E-state index in [9.17, 15) is 5.11 Å². The molecule has 1 atom stereocenters. The molecular formula is C21H28NO2+. The molecule has 0 bridgehead atoms. The molecule has 2 aromatic rings. The van der Waals surface area contributed by atoms with Crippen LogP contribution in [0.4, 0.5) is 0 Å². The summed E-state index contributed by atoms with van der Waals surface area (Å²) in [4.78, 5) is 0. The van der Waals surface area contributed by atoms with E-state index < -0.39 is 6.10 Å². The van der Waals surface area contributed by atoms with Gasteiger partial charge in [0.2, 0.25) is 0 Å². The van der Waals surface area contributed by atoms with Crippen LogP contribution in [-0.2, 0) is 0 Å². The molecule has 1 heterocycles. The van der Waals surface area contributed by atoms with Gasteiger partial charge in [0.1, 0.15) is 25.0 Å². The van der Waals surface area contributed by atoms with E-state index in [-0.39, 0.29) is 0 Å². The molecule has 3 rings (SSSR count). The predicted molar refractivity (Wildman–Crippen MR) is 98.0 cm³/mol. The second-order valence-electron chi connectivity index (χ2n) is 6.85. The molecule has 0 aromatic heterocycles. The van der Waals surface area contributed by atoms with Gasteiger partial charge in [-0.1, -0.05) is 42.5 Å². The third-order valence-electron chi connectivity index (χ3n) is 5.19. The highest BCUT2D eigenvalue weighted by molar-refractivity contribution is 5.63. The zero-order valence-corrected chi connectivity index (χ0v) is 14.5. The Morgan fingerprint density at radius 2 is 1.58 bits per heavy atom. The number of aliphatic hydroxyl groups excluding tert-OH is 1. The molecule has 1 aliphatic rings. The van der Waals surface area contributed by atoms with E-state index in [0.717, 1.165) is 23.3 Å². The highest BCUT2D eigenvalue weighted by Crippen LogP contribution is 2.23. The summed E-state index contributed by atoms with van der Waals surface area (Å²) in [6, 6.07) is 18.4. The Labute approximate surface area is 145 Å². The van der Waals surface area contributed by atoms with Gasteiger partial charge in [-0.05, 0) is 30.2 Å². The molecule has 0 saturated carbocycles. The average molecular weight is 326 g/mol. The third-order valence-corrected chi connectivity index (χ3v) is 5.19. The minimum atomic E-state index is -0.406. The summed E-state index contributed by atoms with van der Waals surface area (Å²) in [7, 11) is 0. The van der Waals surface area contributed by atoms with E-state index in [1.54, 1.807) is 0 Å². The van der Waals surface area contributed by atoms with E-state index in [1.807, 2.05) is 30.3 Å². The van der Waals surface area contributed by atoms with Crippen LogP contribution in [0.5, 0.6) is 5.75 Å². The van der Waals surface area contributed by atoms with Gasteiger partial charge in [0.15, 0.2) is 0 Å². The van der Waals surface area contributed by atoms with Crippen LogP contribution >= 0.6 is 0 Å². The van der Waals surface area contributed by atoms with Crippen LogP contribution in [0.2, 0.25) is 0 Å². The number of quaternary nitrogens is 1. The van der Waals surface area contributed by atoms with Crippen molar-refractivity contribution in [3.05, 3.63) is 54.6 Å². The van der Waals surface area contributed by atoms with Crippen LogP contribution in [0.3, 0.4) is 0 Å². The first-order valence-corrected chi connectivity index (χ1v) is 9.02. The van der Waals surface area contributed by atoms with Crippen molar-refractivity contribution in [2.45, 2.75) is 25.9 Å². The second-order valence-corrected chi connectivity index (χ2v) is 6.85. The van der Waals surface area contributed by atoms with Crippen molar-refractivity contribution in [1.29, 1.82) is 0 Å². The van der Waals surface area contributed by atoms with Gasteiger partial charge < -0.3 is 14.3 Å². The van der Waals surface area contributed by atoms with Gasteiger partial charge in [0, 0.05) is 12.8 Å². The van der Waals surface area contributed by atoms with Gasteiger partial charge in [0.05, 0.1) is 19.6 Å². The zero-order chi connectivity index (χ0) is 16.8. The van der Waals surface area contributed by atoms with Crippen molar-refractivity contribution in [3.8, 4) is 16.9 Å². The molecule has 1 unspecified atom stereocenters. The first kappa shape index (κ1) is 17.0. The predicted octanol–water partition coefficient (Wildman–Crippen LogP) is 3.72. The van der Waals surface area contributed by atoms with Gasteiger partial charge >= 0.3 is 0 Å². The van der Waals surface area contributed by atoms with E-state index in [1.165, 1.54) is 37.1 Å².